The average Bonchev–Trinajstić information content (AvgIpc) is 2.38. The fraction of sp³-hybridized carbons (Fsp3) is 0.632. The van der Waals surface area contributed by atoms with Crippen molar-refractivity contribution < 1.29 is 41.8 Å². The maximum absolute atomic E-state index is 11.4. The van der Waals surface area contributed by atoms with Crippen molar-refractivity contribution >= 4 is 5.78 Å². The zero-order chi connectivity index (χ0) is 19.3. The number of ketones is 1. The summed E-state index contributed by atoms with van der Waals surface area (Å²) in [6.45, 7) is 13.1. The molecule has 0 aromatic carbocycles. The van der Waals surface area contributed by atoms with E-state index in [0.717, 1.165) is 0 Å². The van der Waals surface area contributed by atoms with Crippen molar-refractivity contribution in [3.63, 3.8) is 0 Å². The van der Waals surface area contributed by atoms with Gasteiger partial charge in [-0.3, -0.25) is 4.79 Å². The first kappa shape index (κ1) is 29.1. The van der Waals surface area contributed by atoms with Gasteiger partial charge in [0.25, 0.3) is 0 Å². The summed E-state index contributed by atoms with van der Waals surface area (Å²) in [4.78, 5) is 11.4. The summed E-state index contributed by atoms with van der Waals surface area (Å²) in [6.07, 6.45) is 8.16. The van der Waals surface area contributed by atoms with Crippen LogP contribution in [0.25, 0.3) is 0 Å². The Bertz CT molecular complexity index is 424. The molecule has 0 aliphatic heterocycles. The Balaban J connectivity index is -0.000000454. The van der Waals surface area contributed by atoms with Crippen LogP contribution in [0.5, 0.6) is 0 Å². The minimum Gasteiger partial charge on any atom is -0.394 e. The van der Waals surface area contributed by atoms with E-state index in [4.69, 9.17) is 10.2 Å². The van der Waals surface area contributed by atoms with E-state index in [2.05, 4.69) is 5.32 Å². The molecule has 25 heavy (non-hydrogen) atoms. The smallest absolute Gasteiger partial charge is 0.187 e. The van der Waals surface area contributed by atoms with Gasteiger partial charge in [-0.05, 0) is 45.3 Å². The Morgan fingerprint density at radius 2 is 1.44 bits per heavy atom. The third-order valence-corrected chi connectivity index (χ3v) is 2.59. The number of aliphatic hydroxyl groups excluding tert-OH is 3. The maximum Gasteiger partial charge on any atom is 0.187 e. The summed E-state index contributed by atoms with van der Waals surface area (Å²) >= 11 is 0. The summed E-state index contributed by atoms with van der Waals surface area (Å²) in [7, 11) is 0. The molecule has 0 aromatic rings. The van der Waals surface area contributed by atoms with Crippen LogP contribution < -0.4 is 5.32 Å². The normalized spacial score (nSPS) is 15.8. The van der Waals surface area contributed by atoms with E-state index >= 15 is 0 Å². The van der Waals surface area contributed by atoms with Crippen molar-refractivity contribution in [2.24, 2.45) is 5.41 Å². The second-order valence-corrected chi connectivity index (χ2v) is 7.14. The van der Waals surface area contributed by atoms with E-state index in [1.54, 1.807) is 46.0 Å². The van der Waals surface area contributed by atoms with Crippen LogP contribution in [0, 0.1) is 5.41 Å². The molecule has 1 aliphatic rings. The van der Waals surface area contributed by atoms with Gasteiger partial charge in [0.2, 0.25) is 0 Å². The Hall–Kier alpha value is -0.716. The van der Waals surface area contributed by atoms with Crippen molar-refractivity contribution in [2.45, 2.75) is 66.7 Å². The molecular weight excluding hydrogens is 354 g/mol. The van der Waals surface area contributed by atoms with E-state index in [9.17, 15) is 9.90 Å². The number of carbonyl (C=O) groups is 1. The molecule has 4 N–H and O–H groups in total. The first-order valence-electron chi connectivity index (χ1n) is 8.24. The Morgan fingerprint density at radius 3 is 1.76 bits per heavy atom. The number of aliphatic hydroxyl groups is 3. The SMILES string of the molecule is CC(C)(C)[C@@H](CO)N/C=C1/C=CC=CC1=O.CC(C)O.CC(C)O.[Ti]. The number of hydrogen-bond acceptors (Lipinski definition) is 5. The Kier molecular flexibility index (Phi) is 18.1. The molecule has 0 fully saturated rings. The Labute approximate surface area is 167 Å². The van der Waals surface area contributed by atoms with Crippen LogP contribution in [0.2, 0.25) is 0 Å². The standard InChI is InChI=1S/C13H19NO2.2C3H8O.Ti/c1-13(2,3)12(9-15)14-8-10-6-4-5-7-11(10)16;2*1-3(2)4;/h4-8,12,14-15H,9H2,1-3H3;2*3-4H,1-2H3;/b10-8-;;;/t12-;;;/m1.../s1. The first-order chi connectivity index (χ1) is 10.9. The van der Waals surface area contributed by atoms with Gasteiger partial charge in [-0.25, -0.2) is 0 Å². The summed E-state index contributed by atoms with van der Waals surface area (Å²) in [6, 6.07) is -0.0629. The molecule has 0 radical (unpaired) electrons. The molecule has 1 atom stereocenters. The fourth-order valence-corrected chi connectivity index (χ4v) is 1.37. The first-order valence-corrected chi connectivity index (χ1v) is 8.24. The predicted molar refractivity (Wildman–Crippen MR) is 99.5 cm³/mol. The number of nitrogens with one attached hydrogen (secondary N) is 1. The van der Waals surface area contributed by atoms with Gasteiger partial charge >= 0.3 is 0 Å². The van der Waals surface area contributed by atoms with Crippen molar-refractivity contribution in [1.82, 2.24) is 5.32 Å². The van der Waals surface area contributed by atoms with E-state index < -0.39 is 0 Å². The maximum atomic E-state index is 11.4. The van der Waals surface area contributed by atoms with Gasteiger partial charge in [0.1, 0.15) is 0 Å². The molecule has 6 heteroatoms. The molecular formula is C19H35NO4Ti. The Morgan fingerprint density at radius 1 is 1.04 bits per heavy atom. The van der Waals surface area contributed by atoms with E-state index in [1.165, 1.54) is 6.08 Å². The van der Waals surface area contributed by atoms with Crippen molar-refractivity contribution in [3.8, 4) is 0 Å². The molecule has 0 saturated heterocycles. The summed E-state index contributed by atoms with van der Waals surface area (Å²) in [5.41, 5.74) is 0.563. The predicted octanol–water partition coefficient (Wildman–Crippen LogP) is 2.33. The van der Waals surface area contributed by atoms with Gasteiger partial charge in [-0.1, -0.05) is 32.9 Å². The third-order valence-electron chi connectivity index (χ3n) is 2.59. The van der Waals surface area contributed by atoms with Crippen molar-refractivity contribution in [3.05, 3.63) is 36.1 Å². The molecule has 0 heterocycles. The molecule has 1 aliphatic carbocycles. The van der Waals surface area contributed by atoms with Crippen LogP contribution in [-0.4, -0.2) is 46.0 Å². The zero-order valence-corrected chi connectivity index (χ0v) is 18.1. The molecule has 0 amide bonds. The quantitative estimate of drug-likeness (QED) is 0.440. The molecule has 1 rings (SSSR count). The molecule has 144 valence electrons. The summed E-state index contributed by atoms with van der Waals surface area (Å²) in [5, 5.41) is 28.5. The van der Waals surface area contributed by atoms with Gasteiger partial charge in [0, 0.05) is 45.7 Å². The van der Waals surface area contributed by atoms with E-state index in [1.807, 2.05) is 26.8 Å². The minimum absolute atomic E-state index is 0. The third kappa shape index (κ3) is 19.5. The van der Waals surface area contributed by atoms with Gasteiger partial charge in [0.05, 0.1) is 12.6 Å². The topological polar surface area (TPSA) is 89.8 Å². The molecule has 0 spiro atoms. The van der Waals surface area contributed by atoms with Gasteiger partial charge < -0.3 is 20.6 Å². The summed E-state index contributed by atoms with van der Waals surface area (Å²) < 4.78 is 0. The van der Waals surface area contributed by atoms with Crippen molar-refractivity contribution in [1.29, 1.82) is 0 Å². The largest absolute Gasteiger partial charge is 0.394 e. The monoisotopic (exact) mass is 389 g/mol. The van der Waals surface area contributed by atoms with Crippen LogP contribution in [-0.2, 0) is 26.5 Å². The van der Waals surface area contributed by atoms with Gasteiger partial charge in [-0.2, -0.15) is 0 Å². The van der Waals surface area contributed by atoms with Crippen LogP contribution in [0.15, 0.2) is 36.1 Å². The summed E-state index contributed by atoms with van der Waals surface area (Å²) in [5.74, 6) is -0.0133. The molecule has 0 unspecified atom stereocenters. The second-order valence-electron chi connectivity index (χ2n) is 7.14. The van der Waals surface area contributed by atoms with Crippen LogP contribution in [0.4, 0.5) is 0 Å². The van der Waals surface area contributed by atoms with Crippen molar-refractivity contribution in [2.75, 3.05) is 6.61 Å². The average molecular weight is 389 g/mol. The number of carbonyl (C=O) groups excluding carboxylic acids is 1. The molecule has 0 bridgehead atoms. The zero-order valence-electron chi connectivity index (χ0n) is 16.6. The van der Waals surface area contributed by atoms with Gasteiger partial charge in [-0.15, -0.1) is 0 Å². The second kappa shape index (κ2) is 15.5. The molecule has 0 aromatic heterocycles. The van der Waals surface area contributed by atoms with Gasteiger partial charge in [0.15, 0.2) is 5.78 Å². The molecule has 0 saturated carbocycles. The van der Waals surface area contributed by atoms with Crippen LogP contribution in [0.3, 0.4) is 0 Å². The fourth-order valence-electron chi connectivity index (χ4n) is 1.37. The number of hydrogen-bond donors (Lipinski definition) is 4. The van der Waals surface area contributed by atoms with Crippen LogP contribution in [0.1, 0.15) is 48.5 Å². The number of allylic oxidation sites excluding steroid dienone is 5. The minimum atomic E-state index is -0.167. The van der Waals surface area contributed by atoms with E-state index in [-0.39, 0.29) is 57.8 Å². The molecule has 5 nitrogen and oxygen atoms in total. The van der Waals surface area contributed by atoms with Crippen LogP contribution >= 0.6 is 0 Å². The van der Waals surface area contributed by atoms with E-state index in [0.29, 0.717) is 5.57 Å². The number of rotatable bonds is 3.